The topological polar surface area (TPSA) is 46.8 Å². The van der Waals surface area contributed by atoms with Gasteiger partial charge in [0.1, 0.15) is 5.76 Å². The molecule has 0 amide bonds. The van der Waals surface area contributed by atoms with E-state index < -0.39 is 0 Å². The van der Waals surface area contributed by atoms with E-state index in [2.05, 4.69) is 10.2 Å². The van der Waals surface area contributed by atoms with E-state index in [1.165, 1.54) is 0 Å². The van der Waals surface area contributed by atoms with Gasteiger partial charge in [0, 0.05) is 5.02 Å². The predicted octanol–water partition coefficient (Wildman–Crippen LogP) is 4.21. The molecule has 20 heavy (non-hydrogen) atoms. The molecule has 0 saturated carbocycles. The van der Waals surface area contributed by atoms with E-state index in [-0.39, 0.29) is 0 Å². The third-order valence-electron chi connectivity index (χ3n) is 3.11. The number of halogens is 1. The number of nitrogens with zero attached hydrogens (tertiary/aromatic N) is 2. The van der Waals surface area contributed by atoms with E-state index in [4.69, 9.17) is 28.2 Å². The van der Waals surface area contributed by atoms with Gasteiger partial charge in [0.05, 0.1) is 18.4 Å². The van der Waals surface area contributed by atoms with Crippen LogP contribution in [0, 0.1) is 11.7 Å². The smallest absolute Gasteiger partial charge is 0.195 e. The van der Waals surface area contributed by atoms with Gasteiger partial charge in [-0.2, -0.15) is 5.10 Å². The lowest BCUT2D eigenvalue weighted by molar-refractivity contribution is 0.534. The van der Waals surface area contributed by atoms with Crippen molar-refractivity contribution >= 4 is 23.8 Å². The van der Waals surface area contributed by atoms with E-state index >= 15 is 0 Å². The van der Waals surface area contributed by atoms with Crippen molar-refractivity contribution in [2.24, 2.45) is 0 Å². The van der Waals surface area contributed by atoms with Gasteiger partial charge in [0.25, 0.3) is 0 Å². The zero-order chi connectivity index (χ0) is 14.1. The summed E-state index contributed by atoms with van der Waals surface area (Å²) in [5.74, 6) is 1.59. The molecule has 0 aliphatic heterocycles. The summed E-state index contributed by atoms with van der Waals surface area (Å²) in [7, 11) is 0. The van der Waals surface area contributed by atoms with Gasteiger partial charge in [-0.3, -0.25) is 9.67 Å². The van der Waals surface area contributed by atoms with Gasteiger partial charge < -0.3 is 4.42 Å². The first-order valence-corrected chi connectivity index (χ1v) is 6.88. The highest BCUT2D eigenvalue weighted by atomic mass is 35.5. The molecule has 102 valence electrons. The predicted molar refractivity (Wildman–Crippen MR) is 80.4 cm³/mol. The molecule has 0 aliphatic rings. The molecule has 0 saturated heterocycles. The van der Waals surface area contributed by atoms with Gasteiger partial charge in [0.2, 0.25) is 0 Å². The van der Waals surface area contributed by atoms with E-state index in [1.807, 2.05) is 41.8 Å². The molecule has 1 aromatic carbocycles. The van der Waals surface area contributed by atoms with Crippen molar-refractivity contribution in [3.05, 3.63) is 57.7 Å². The summed E-state index contributed by atoms with van der Waals surface area (Å²) in [6, 6.07) is 9.57. The lowest BCUT2D eigenvalue weighted by Gasteiger charge is -2.06. The minimum atomic E-state index is 0.579. The molecule has 3 rings (SSSR count). The van der Waals surface area contributed by atoms with E-state index in [0.29, 0.717) is 11.3 Å². The average molecular weight is 306 g/mol. The van der Waals surface area contributed by atoms with Crippen LogP contribution in [0.4, 0.5) is 0 Å². The Balaban J connectivity index is 2.02. The second kappa shape index (κ2) is 5.26. The van der Waals surface area contributed by atoms with Crippen molar-refractivity contribution in [3.63, 3.8) is 0 Å². The number of aromatic nitrogens is 3. The van der Waals surface area contributed by atoms with Crippen molar-refractivity contribution < 1.29 is 4.42 Å². The van der Waals surface area contributed by atoms with Gasteiger partial charge in [-0.1, -0.05) is 23.7 Å². The van der Waals surface area contributed by atoms with E-state index in [1.54, 1.807) is 6.26 Å². The molecule has 0 atom stereocenters. The van der Waals surface area contributed by atoms with Gasteiger partial charge >= 0.3 is 0 Å². The molecule has 0 unspecified atom stereocenters. The summed E-state index contributed by atoms with van der Waals surface area (Å²) >= 11 is 11.2. The maximum absolute atomic E-state index is 5.90. The number of rotatable bonds is 3. The Labute approximate surface area is 126 Å². The van der Waals surface area contributed by atoms with Crippen LogP contribution in [0.2, 0.25) is 5.02 Å². The number of hydrogen-bond acceptors (Lipinski definition) is 3. The van der Waals surface area contributed by atoms with Crippen LogP contribution in [0.5, 0.6) is 0 Å². The van der Waals surface area contributed by atoms with Gasteiger partial charge in [-0.05, 0) is 42.9 Å². The largest absolute Gasteiger partial charge is 0.469 e. The fourth-order valence-corrected chi connectivity index (χ4v) is 2.38. The maximum atomic E-state index is 5.90. The van der Waals surface area contributed by atoms with Crippen LogP contribution >= 0.6 is 23.8 Å². The molecule has 0 aliphatic carbocycles. The maximum Gasteiger partial charge on any atom is 0.195 e. The molecule has 6 heteroatoms. The Morgan fingerprint density at radius 3 is 2.70 bits per heavy atom. The lowest BCUT2D eigenvalue weighted by Crippen LogP contribution is -2.02. The first-order valence-electron chi connectivity index (χ1n) is 6.09. The Bertz CT molecular complexity index is 785. The molecule has 2 aromatic heterocycles. The Morgan fingerprint density at radius 1 is 1.30 bits per heavy atom. The molecule has 0 radical (unpaired) electrons. The molecule has 2 heterocycles. The van der Waals surface area contributed by atoms with Crippen molar-refractivity contribution in [1.29, 1.82) is 0 Å². The Morgan fingerprint density at radius 2 is 2.05 bits per heavy atom. The number of H-pyrrole nitrogens is 1. The summed E-state index contributed by atoms with van der Waals surface area (Å²) in [4.78, 5) is 0. The minimum Gasteiger partial charge on any atom is -0.469 e. The third kappa shape index (κ3) is 2.42. The normalized spacial score (nSPS) is 10.9. The van der Waals surface area contributed by atoms with Gasteiger partial charge in [-0.25, -0.2) is 0 Å². The quantitative estimate of drug-likeness (QED) is 0.737. The average Bonchev–Trinajstić information content (AvgIpc) is 3.00. The van der Waals surface area contributed by atoms with Crippen LogP contribution in [0.15, 0.2) is 41.0 Å². The second-order valence-electron chi connectivity index (χ2n) is 4.46. The minimum absolute atomic E-state index is 0.579. The Hall–Kier alpha value is -1.85. The number of benzene rings is 1. The molecular formula is C14H12ClN3OS. The summed E-state index contributed by atoms with van der Waals surface area (Å²) in [5.41, 5.74) is 2.04. The number of nitrogens with one attached hydrogen (secondary N) is 1. The lowest BCUT2D eigenvalue weighted by atomic mass is 10.2. The molecular weight excluding hydrogens is 294 g/mol. The SMILES string of the molecule is Cc1occc1-c1n[nH]c(=S)n1Cc1ccc(Cl)cc1. The first kappa shape index (κ1) is 13.1. The van der Waals surface area contributed by atoms with Crippen molar-refractivity contribution in [2.75, 3.05) is 0 Å². The second-order valence-corrected chi connectivity index (χ2v) is 5.28. The number of aromatic amines is 1. The molecule has 4 nitrogen and oxygen atoms in total. The highest BCUT2D eigenvalue weighted by Gasteiger charge is 2.13. The van der Waals surface area contributed by atoms with Crippen molar-refractivity contribution in [3.8, 4) is 11.4 Å². The third-order valence-corrected chi connectivity index (χ3v) is 3.68. The summed E-state index contributed by atoms with van der Waals surface area (Å²) in [5, 5.41) is 7.84. The highest BCUT2D eigenvalue weighted by Crippen LogP contribution is 2.23. The summed E-state index contributed by atoms with van der Waals surface area (Å²) in [6.45, 7) is 2.53. The van der Waals surface area contributed by atoms with Crippen LogP contribution in [-0.2, 0) is 6.54 Å². The van der Waals surface area contributed by atoms with Crippen molar-refractivity contribution in [1.82, 2.24) is 14.8 Å². The fraction of sp³-hybridized carbons (Fsp3) is 0.143. The molecule has 3 aromatic rings. The van der Waals surface area contributed by atoms with Gasteiger partial charge in [0.15, 0.2) is 10.6 Å². The zero-order valence-electron chi connectivity index (χ0n) is 10.8. The van der Waals surface area contributed by atoms with Crippen LogP contribution in [0.25, 0.3) is 11.4 Å². The fourth-order valence-electron chi connectivity index (χ4n) is 2.06. The number of aryl methyl sites for hydroxylation is 1. The highest BCUT2D eigenvalue weighted by molar-refractivity contribution is 7.71. The van der Waals surface area contributed by atoms with Crippen LogP contribution in [0.1, 0.15) is 11.3 Å². The zero-order valence-corrected chi connectivity index (χ0v) is 12.3. The van der Waals surface area contributed by atoms with Crippen LogP contribution in [-0.4, -0.2) is 14.8 Å². The molecule has 0 fully saturated rings. The van der Waals surface area contributed by atoms with Crippen LogP contribution in [0.3, 0.4) is 0 Å². The van der Waals surface area contributed by atoms with Crippen LogP contribution < -0.4 is 0 Å². The van der Waals surface area contributed by atoms with Gasteiger partial charge in [-0.15, -0.1) is 0 Å². The summed E-state index contributed by atoms with van der Waals surface area (Å²) in [6.07, 6.45) is 1.65. The van der Waals surface area contributed by atoms with E-state index in [9.17, 15) is 0 Å². The molecule has 0 bridgehead atoms. The molecule has 1 N–H and O–H groups in total. The monoisotopic (exact) mass is 305 g/mol. The van der Waals surface area contributed by atoms with E-state index in [0.717, 1.165) is 27.7 Å². The number of furan rings is 1. The standard InChI is InChI=1S/C14H12ClN3OS/c1-9-12(6-7-19-9)13-16-17-14(20)18(13)8-10-2-4-11(15)5-3-10/h2-7H,8H2,1H3,(H,17,20). The summed E-state index contributed by atoms with van der Waals surface area (Å²) < 4.78 is 7.85. The molecule has 0 spiro atoms. The van der Waals surface area contributed by atoms with Crippen molar-refractivity contribution in [2.45, 2.75) is 13.5 Å². The first-order chi connectivity index (χ1) is 9.65. The Kier molecular flexibility index (Phi) is 3.46. The number of hydrogen-bond donors (Lipinski definition) is 1.